The number of piperidine rings is 1. The van der Waals surface area contributed by atoms with Gasteiger partial charge >= 0.3 is 0 Å². The van der Waals surface area contributed by atoms with Gasteiger partial charge in [-0.15, -0.1) is 0 Å². The topological polar surface area (TPSA) is 40.4 Å². The molecule has 0 aromatic heterocycles. The van der Waals surface area contributed by atoms with E-state index in [4.69, 9.17) is 5.26 Å². The summed E-state index contributed by atoms with van der Waals surface area (Å²) in [5, 5.41) is 11.4. The lowest BCUT2D eigenvalue weighted by Gasteiger charge is -2.30. The van der Waals surface area contributed by atoms with Crippen molar-refractivity contribution >= 4 is 0 Å². The Morgan fingerprint density at radius 2 is 1.92 bits per heavy atom. The Kier molecular flexibility index (Phi) is 5.36. The molecule has 1 aliphatic rings. The molecular formula is C10H19ClN2. The second-order valence-electron chi connectivity index (χ2n) is 4.36. The minimum absolute atomic E-state index is 0. The van der Waals surface area contributed by atoms with Crippen molar-refractivity contribution in [2.24, 2.45) is 11.3 Å². The highest BCUT2D eigenvalue weighted by Crippen LogP contribution is 2.33. The van der Waals surface area contributed by atoms with Crippen LogP contribution < -0.4 is 17.7 Å². The molecule has 1 saturated heterocycles. The van der Waals surface area contributed by atoms with Crippen LogP contribution in [0.25, 0.3) is 0 Å². The standard InChI is InChI=1S/C10H18N2.ClH/c1-9(2)7-10(8-11)3-5-12-6-4-10;/h9,12H,3-7H2,1-2H3;1H. The molecule has 0 unspecified atom stereocenters. The Morgan fingerprint density at radius 3 is 2.31 bits per heavy atom. The van der Waals surface area contributed by atoms with Crippen LogP contribution in [0.1, 0.15) is 33.1 Å². The first-order chi connectivity index (χ1) is 5.68. The van der Waals surface area contributed by atoms with E-state index in [0.29, 0.717) is 5.92 Å². The largest absolute Gasteiger partial charge is 1.00 e. The molecule has 2 nitrogen and oxygen atoms in total. The number of nitrogens with zero attached hydrogens (tertiary/aromatic N) is 1. The molecule has 0 aliphatic carbocycles. The van der Waals surface area contributed by atoms with Gasteiger partial charge < -0.3 is 17.7 Å². The molecule has 2 N–H and O–H groups in total. The minimum atomic E-state index is 0. The molecule has 0 radical (unpaired) electrons. The zero-order valence-corrected chi connectivity index (χ0v) is 9.27. The van der Waals surface area contributed by atoms with E-state index in [1.165, 1.54) is 0 Å². The minimum Gasteiger partial charge on any atom is -1.00 e. The van der Waals surface area contributed by atoms with E-state index in [1.807, 2.05) is 0 Å². The highest BCUT2D eigenvalue weighted by molar-refractivity contribution is 4.99. The molecule has 1 aliphatic heterocycles. The van der Waals surface area contributed by atoms with Gasteiger partial charge in [0.15, 0.2) is 0 Å². The molecule has 1 rings (SSSR count). The van der Waals surface area contributed by atoms with Crippen LogP contribution in [-0.2, 0) is 0 Å². The van der Waals surface area contributed by atoms with Crippen molar-refractivity contribution in [3.05, 3.63) is 0 Å². The van der Waals surface area contributed by atoms with Crippen molar-refractivity contribution in [2.75, 3.05) is 13.1 Å². The van der Waals surface area contributed by atoms with E-state index in [9.17, 15) is 0 Å². The van der Waals surface area contributed by atoms with Crippen molar-refractivity contribution < 1.29 is 17.7 Å². The average Bonchev–Trinajstić information content (AvgIpc) is 2.05. The Balaban J connectivity index is 0.00000144. The Labute approximate surface area is 87.1 Å². The molecular weight excluding hydrogens is 184 g/mol. The molecule has 3 heteroatoms. The molecule has 0 aromatic rings. The third-order valence-electron chi connectivity index (χ3n) is 2.69. The quantitative estimate of drug-likeness (QED) is 0.548. The van der Waals surface area contributed by atoms with Crippen molar-refractivity contribution in [3.63, 3.8) is 0 Å². The van der Waals surface area contributed by atoms with Crippen LogP contribution >= 0.6 is 0 Å². The second kappa shape index (κ2) is 5.47. The molecule has 1 heterocycles. The first kappa shape index (κ1) is 12.7. The van der Waals surface area contributed by atoms with E-state index < -0.39 is 0 Å². The third-order valence-corrected chi connectivity index (χ3v) is 2.69. The Morgan fingerprint density at radius 1 is 1.38 bits per heavy atom. The molecule has 76 valence electrons. The number of hydrogen-bond donors (Lipinski definition) is 1. The van der Waals surface area contributed by atoms with Crippen molar-refractivity contribution in [1.29, 1.82) is 5.26 Å². The summed E-state index contributed by atoms with van der Waals surface area (Å²) in [5.41, 5.74) is 0.0168. The average molecular weight is 203 g/mol. The fraction of sp³-hybridized carbons (Fsp3) is 0.900. The Hall–Kier alpha value is -0.260. The van der Waals surface area contributed by atoms with Crippen LogP contribution in [0.5, 0.6) is 0 Å². The van der Waals surface area contributed by atoms with E-state index in [1.54, 1.807) is 0 Å². The molecule has 0 amide bonds. The van der Waals surface area contributed by atoms with Gasteiger partial charge in [0, 0.05) is 12.8 Å². The number of rotatable bonds is 2. The van der Waals surface area contributed by atoms with E-state index in [0.717, 1.165) is 32.4 Å². The van der Waals surface area contributed by atoms with Crippen LogP contribution in [-0.4, -0.2) is 13.1 Å². The van der Waals surface area contributed by atoms with Crippen LogP contribution in [0.3, 0.4) is 0 Å². The van der Waals surface area contributed by atoms with Crippen LogP contribution in [0.4, 0.5) is 0 Å². The predicted octanol–water partition coefficient (Wildman–Crippen LogP) is -2.10. The summed E-state index contributed by atoms with van der Waals surface area (Å²) >= 11 is 0. The summed E-state index contributed by atoms with van der Waals surface area (Å²) in [7, 11) is 0. The van der Waals surface area contributed by atoms with Gasteiger partial charge in [-0.2, -0.15) is 5.26 Å². The van der Waals surface area contributed by atoms with E-state index in [-0.39, 0.29) is 17.8 Å². The molecule has 0 bridgehead atoms. The maximum Gasteiger partial charge on any atom is 0.0770 e. The number of hydrogen-bond acceptors (Lipinski definition) is 1. The summed E-state index contributed by atoms with van der Waals surface area (Å²) in [4.78, 5) is 0. The van der Waals surface area contributed by atoms with Gasteiger partial charge in [-0.3, -0.25) is 0 Å². The van der Waals surface area contributed by atoms with Gasteiger partial charge in [0.05, 0.1) is 24.6 Å². The molecule has 0 spiro atoms. The summed E-state index contributed by atoms with van der Waals surface area (Å²) in [5.74, 6) is 0.655. The van der Waals surface area contributed by atoms with Crippen molar-refractivity contribution in [2.45, 2.75) is 33.1 Å². The maximum atomic E-state index is 9.13. The predicted molar refractivity (Wildman–Crippen MR) is 48.4 cm³/mol. The van der Waals surface area contributed by atoms with E-state index >= 15 is 0 Å². The third kappa shape index (κ3) is 3.54. The van der Waals surface area contributed by atoms with Crippen LogP contribution in [0.15, 0.2) is 0 Å². The summed E-state index contributed by atoms with van der Waals surface area (Å²) in [6.45, 7) is 6.69. The zero-order valence-electron chi connectivity index (χ0n) is 8.52. The van der Waals surface area contributed by atoms with Gasteiger partial charge in [-0.05, 0) is 12.3 Å². The van der Waals surface area contributed by atoms with Gasteiger partial charge in [0.2, 0.25) is 0 Å². The van der Waals surface area contributed by atoms with Crippen molar-refractivity contribution in [3.8, 4) is 6.07 Å². The van der Waals surface area contributed by atoms with Gasteiger partial charge in [0.1, 0.15) is 0 Å². The molecule has 13 heavy (non-hydrogen) atoms. The first-order valence-electron chi connectivity index (χ1n) is 4.91. The smallest absolute Gasteiger partial charge is 0.0770 e. The molecule has 0 saturated carbocycles. The maximum absolute atomic E-state index is 9.13. The highest BCUT2D eigenvalue weighted by Gasteiger charge is 2.34. The summed E-state index contributed by atoms with van der Waals surface area (Å²) in [6.07, 6.45) is 3.25. The van der Waals surface area contributed by atoms with Crippen LogP contribution in [0, 0.1) is 22.7 Å². The van der Waals surface area contributed by atoms with Gasteiger partial charge in [-0.1, -0.05) is 13.8 Å². The van der Waals surface area contributed by atoms with Crippen LogP contribution in [0.2, 0.25) is 0 Å². The number of nitrogens with two attached hydrogens (primary N) is 1. The Bertz CT molecular complexity index is 178. The normalized spacial score (nSPS) is 20.5. The lowest BCUT2D eigenvalue weighted by molar-refractivity contribution is -0.666. The monoisotopic (exact) mass is 202 g/mol. The zero-order chi connectivity index (χ0) is 9.03. The fourth-order valence-electron chi connectivity index (χ4n) is 2.17. The summed E-state index contributed by atoms with van der Waals surface area (Å²) < 4.78 is 0. The van der Waals surface area contributed by atoms with E-state index in [2.05, 4.69) is 25.2 Å². The lowest BCUT2D eigenvalue weighted by atomic mass is 9.74. The number of quaternary nitrogens is 1. The van der Waals surface area contributed by atoms with Gasteiger partial charge in [-0.25, -0.2) is 0 Å². The van der Waals surface area contributed by atoms with Crippen molar-refractivity contribution in [1.82, 2.24) is 0 Å². The number of halogens is 1. The second-order valence-corrected chi connectivity index (χ2v) is 4.36. The first-order valence-corrected chi connectivity index (χ1v) is 4.91. The molecule has 0 aromatic carbocycles. The number of nitriles is 1. The highest BCUT2D eigenvalue weighted by atomic mass is 35.5. The lowest BCUT2D eigenvalue weighted by Crippen LogP contribution is -3.00. The fourth-order valence-corrected chi connectivity index (χ4v) is 2.17. The molecule has 0 atom stereocenters. The molecule has 1 fully saturated rings. The SMILES string of the molecule is CC(C)CC1(C#N)CC[NH2+]CC1.[Cl-]. The van der Waals surface area contributed by atoms with Gasteiger partial charge in [0.25, 0.3) is 0 Å². The summed E-state index contributed by atoms with van der Waals surface area (Å²) in [6, 6.07) is 2.53.